The van der Waals surface area contributed by atoms with E-state index in [0.717, 1.165) is 0 Å². The Morgan fingerprint density at radius 3 is 3.00 bits per heavy atom. The molecule has 0 saturated carbocycles. The maximum atomic E-state index is 11.5. The third kappa shape index (κ3) is 2.82. The van der Waals surface area contributed by atoms with E-state index in [0.29, 0.717) is 12.4 Å². The van der Waals surface area contributed by atoms with E-state index in [1.54, 1.807) is 6.20 Å². The molecule has 6 nitrogen and oxygen atoms in total. The van der Waals surface area contributed by atoms with E-state index in [1.165, 1.54) is 6.20 Å². The van der Waals surface area contributed by atoms with Crippen LogP contribution in [0.25, 0.3) is 0 Å². The van der Waals surface area contributed by atoms with Crippen molar-refractivity contribution in [1.82, 2.24) is 9.97 Å². The number of carbonyl (C=O) groups excluding carboxylic acids is 1. The van der Waals surface area contributed by atoms with Gasteiger partial charge >= 0.3 is 0 Å². The van der Waals surface area contributed by atoms with Crippen LogP contribution in [0.2, 0.25) is 0 Å². The molecule has 2 rings (SSSR count). The highest BCUT2D eigenvalue weighted by Crippen LogP contribution is 2.21. The highest BCUT2D eigenvalue weighted by Gasteiger charge is 2.29. The molecule has 1 atom stereocenters. The summed E-state index contributed by atoms with van der Waals surface area (Å²) in [6, 6.07) is 0. The summed E-state index contributed by atoms with van der Waals surface area (Å²) in [6.07, 6.45) is 3.96. The summed E-state index contributed by atoms with van der Waals surface area (Å²) in [5.74, 6) is 0.465. The lowest BCUT2D eigenvalue weighted by Gasteiger charge is -2.06. The van der Waals surface area contributed by atoms with Crippen LogP contribution in [0.3, 0.4) is 0 Å². The first-order valence-electron chi connectivity index (χ1n) is 5.05. The smallest absolute Gasteiger partial charge is 0.226 e. The number of hydrogen-bond donors (Lipinski definition) is 2. The van der Waals surface area contributed by atoms with Crippen LogP contribution >= 0.6 is 0 Å². The molecule has 1 amide bonds. The number of nitrogens with one attached hydrogen (secondary N) is 2. The first-order chi connectivity index (χ1) is 7.55. The molecule has 0 aliphatic carbocycles. The van der Waals surface area contributed by atoms with E-state index < -0.39 is 9.84 Å². The minimum atomic E-state index is -2.91. The van der Waals surface area contributed by atoms with Gasteiger partial charge in [0.2, 0.25) is 11.9 Å². The molecule has 88 valence electrons. The molecule has 16 heavy (non-hydrogen) atoms. The van der Waals surface area contributed by atoms with Crippen LogP contribution in [-0.4, -0.2) is 35.8 Å². The molecule has 1 aliphatic heterocycles. The van der Waals surface area contributed by atoms with Gasteiger partial charge in [-0.3, -0.25) is 10.1 Å². The lowest BCUT2D eigenvalue weighted by molar-refractivity contribution is -0.116. The highest BCUT2D eigenvalue weighted by atomic mass is 32.2. The van der Waals surface area contributed by atoms with Crippen molar-refractivity contribution in [2.24, 2.45) is 5.92 Å². The minimum absolute atomic E-state index is 0.0556. The van der Waals surface area contributed by atoms with Crippen LogP contribution in [0, 0.1) is 5.92 Å². The van der Waals surface area contributed by atoms with Crippen molar-refractivity contribution in [3.63, 3.8) is 0 Å². The van der Waals surface area contributed by atoms with E-state index in [1.807, 2.05) is 0 Å². The third-order valence-electron chi connectivity index (χ3n) is 2.56. The molecular weight excluding hydrogens is 230 g/mol. The Morgan fingerprint density at radius 2 is 2.44 bits per heavy atom. The summed E-state index contributed by atoms with van der Waals surface area (Å²) in [5, 5.41) is 2.58. The topological polar surface area (TPSA) is 91.9 Å². The summed E-state index contributed by atoms with van der Waals surface area (Å²) >= 11 is 0. The van der Waals surface area contributed by atoms with Crippen LogP contribution in [0.5, 0.6) is 0 Å². The Kier molecular flexibility index (Phi) is 2.95. The number of H-pyrrole nitrogens is 1. The van der Waals surface area contributed by atoms with Crippen LogP contribution in [0.15, 0.2) is 12.4 Å². The van der Waals surface area contributed by atoms with E-state index >= 15 is 0 Å². The number of aromatic nitrogens is 2. The molecule has 1 aromatic heterocycles. The van der Waals surface area contributed by atoms with Crippen LogP contribution < -0.4 is 5.32 Å². The molecule has 0 aromatic carbocycles. The Morgan fingerprint density at radius 1 is 1.62 bits per heavy atom. The average molecular weight is 243 g/mol. The lowest BCUT2D eigenvalue weighted by Crippen LogP contribution is -2.18. The number of amides is 1. The molecule has 1 saturated heterocycles. The number of carbonyl (C=O) groups is 1. The van der Waals surface area contributed by atoms with Gasteiger partial charge < -0.3 is 4.98 Å². The maximum Gasteiger partial charge on any atom is 0.226 e. The first-order valence-corrected chi connectivity index (χ1v) is 6.87. The SMILES string of the molecule is O=C(CC1CCS(=O)(=O)C1)Nc1ncc[nH]1. The fourth-order valence-corrected chi connectivity index (χ4v) is 3.67. The standard InChI is InChI=1S/C9H13N3O3S/c13-8(12-9-10-2-3-11-9)5-7-1-4-16(14,15)6-7/h2-3,7H,1,4-6H2,(H2,10,11,12,13). The predicted octanol–water partition coefficient (Wildman–Crippen LogP) is 0.173. The molecule has 0 spiro atoms. The van der Waals surface area contributed by atoms with Crippen molar-refractivity contribution < 1.29 is 13.2 Å². The summed E-state index contributed by atoms with van der Waals surface area (Å²) < 4.78 is 22.4. The summed E-state index contributed by atoms with van der Waals surface area (Å²) in [6.45, 7) is 0. The van der Waals surface area contributed by atoms with Crippen LogP contribution in [0.4, 0.5) is 5.95 Å². The molecule has 2 N–H and O–H groups in total. The highest BCUT2D eigenvalue weighted by molar-refractivity contribution is 7.91. The zero-order chi connectivity index (χ0) is 11.6. The van der Waals surface area contributed by atoms with Crippen molar-refractivity contribution in [2.75, 3.05) is 16.8 Å². The Bertz CT molecular complexity index is 466. The van der Waals surface area contributed by atoms with Crippen LogP contribution in [0.1, 0.15) is 12.8 Å². The van der Waals surface area contributed by atoms with Crippen molar-refractivity contribution in [2.45, 2.75) is 12.8 Å². The molecular formula is C9H13N3O3S. The van der Waals surface area contributed by atoms with E-state index in [9.17, 15) is 13.2 Å². The number of imidazole rings is 1. The molecule has 0 bridgehead atoms. The number of rotatable bonds is 3. The monoisotopic (exact) mass is 243 g/mol. The molecule has 1 unspecified atom stereocenters. The molecule has 1 fully saturated rings. The Hall–Kier alpha value is -1.37. The Balaban J connectivity index is 1.85. The second-order valence-electron chi connectivity index (χ2n) is 3.96. The minimum Gasteiger partial charge on any atom is -0.331 e. The molecule has 7 heteroatoms. The summed E-state index contributed by atoms with van der Waals surface area (Å²) in [7, 11) is -2.91. The zero-order valence-electron chi connectivity index (χ0n) is 8.64. The van der Waals surface area contributed by atoms with E-state index in [2.05, 4.69) is 15.3 Å². The normalized spacial score (nSPS) is 23.1. The molecule has 1 aromatic rings. The van der Waals surface area contributed by atoms with Gasteiger partial charge in [0.15, 0.2) is 9.84 Å². The number of hydrogen-bond acceptors (Lipinski definition) is 4. The van der Waals surface area contributed by atoms with Crippen molar-refractivity contribution >= 4 is 21.7 Å². The largest absolute Gasteiger partial charge is 0.331 e. The van der Waals surface area contributed by atoms with Crippen molar-refractivity contribution in [3.05, 3.63) is 12.4 Å². The molecule has 1 aliphatic rings. The summed E-state index contributed by atoms with van der Waals surface area (Å²) in [4.78, 5) is 18.1. The Labute approximate surface area is 93.4 Å². The number of sulfone groups is 1. The van der Waals surface area contributed by atoms with E-state index in [-0.39, 0.29) is 29.8 Å². The number of nitrogens with zero attached hydrogens (tertiary/aromatic N) is 1. The second kappa shape index (κ2) is 4.25. The third-order valence-corrected chi connectivity index (χ3v) is 4.39. The van der Waals surface area contributed by atoms with Gasteiger partial charge in [-0.15, -0.1) is 0 Å². The van der Waals surface area contributed by atoms with E-state index in [4.69, 9.17) is 0 Å². The maximum absolute atomic E-state index is 11.5. The van der Waals surface area contributed by atoms with Gasteiger partial charge in [0.1, 0.15) is 0 Å². The fraction of sp³-hybridized carbons (Fsp3) is 0.556. The zero-order valence-corrected chi connectivity index (χ0v) is 9.46. The van der Waals surface area contributed by atoms with Gasteiger partial charge in [0.25, 0.3) is 0 Å². The fourth-order valence-electron chi connectivity index (χ4n) is 1.81. The first kappa shape index (κ1) is 11.1. The average Bonchev–Trinajstić information content (AvgIpc) is 2.76. The molecule has 2 heterocycles. The van der Waals surface area contributed by atoms with Gasteiger partial charge in [-0.25, -0.2) is 13.4 Å². The van der Waals surface area contributed by atoms with Crippen LogP contribution in [-0.2, 0) is 14.6 Å². The van der Waals surface area contributed by atoms with Gasteiger partial charge in [0, 0.05) is 18.8 Å². The van der Waals surface area contributed by atoms with Crippen molar-refractivity contribution in [1.29, 1.82) is 0 Å². The molecule has 0 radical (unpaired) electrons. The lowest BCUT2D eigenvalue weighted by atomic mass is 10.1. The van der Waals surface area contributed by atoms with Gasteiger partial charge in [-0.2, -0.15) is 0 Å². The van der Waals surface area contributed by atoms with Gasteiger partial charge in [-0.1, -0.05) is 0 Å². The number of aromatic amines is 1. The predicted molar refractivity (Wildman–Crippen MR) is 58.6 cm³/mol. The second-order valence-corrected chi connectivity index (χ2v) is 6.19. The number of anilines is 1. The van der Waals surface area contributed by atoms with Crippen molar-refractivity contribution in [3.8, 4) is 0 Å². The quantitative estimate of drug-likeness (QED) is 0.791. The van der Waals surface area contributed by atoms with Gasteiger partial charge in [0.05, 0.1) is 11.5 Å². The summed E-state index contributed by atoms with van der Waals surface area (Å²) in [5.41, 5.74) is 0. The van der Waals surface area contributed by atoms with Gasteiger partial charge in [-0.05, 0) is 12.3 Å².